The fourth-order valence-electron chi connectivity index (χ4n) is 1.52. The van der Waals surface area contributed by atoms with Crippen molar-refractivity contribution in [2.75, 3.05) is 16.9 Å². The zero-order valence-corrected chi connectivity index (χ0v) is 11.7. The molecule has 1 aromatic rings. The van der Waals surface area contributed by atoms with Gasteiger partial charge in [-0.2, -0.15) is 13.2 Å². The first-order chi connectivity index (χ1) is 9.68. The third-order valence-corrected chi connectivity index (χ3v) is 2.90. The molecule has 0 bridgehead atoms. The SMILES string of the molecule is NC1CN(OC(=O)C(F)(F)F)c2cc(Br)cnc2NC1=O. The summed E-state index contributed by atoms with van der Waals surface area (Å²) in [6.07, 6.45) is -3.85. The molecule has 1 unspecified atom stereocenters. The molecule has 0 saturated heterocycles. The number of pyridine rings is 1. The van der Waals surface area contributed by atoms with E-state index < -0.39 is 30.6 Å². The van der Waals surface area contributed by atoms with Crippen LogP contribution in [0.15, 0.2) is 16.7 Å². The second-order valence-electron chi connectivity index (χ2n) is 4.05. The summed E-state index contributed by atoms with van der Waals surface area (Å²) >= 11 is 3.08. The van der Waals surface area contributed by atoms with Crippen molar-refractivity contribution in [1.82, 2.24) is 4.98 Å². The average Bonchev–Trinajstić information content (AvgIpc) is 2.48. The Labute approximate surface area is 124 Å². The smallest absolute Gasteiger partial charge is 0.332 e. The molecule has 2 heterocycles. The first kappa shape index (κ1) is 15.5. The number of nitrogens with two attached hydrogens (primary N) is 1. The Bertz CT molecular complexity index is 595. The second kappa shape index (κ2) is 5.48. The van der Waals surface area contributed by atoms with E-state index in [1.165, 1.54) is 12.3 Å². The van der Waals surface area contributed by atoms with E-state index in [-0.39, 0.29) is 11.5 Å². The highest BCUT2D eigenvalue weighted by molar-refractivity contribution is 9.10. The molecular weight excluding hydrogens is 361 g/mol. The first-order valence-corrected chi connectivity index (χ1v) is 6.26. The number of anilines is 2. The topological polar surface area (TPSA) is 97.5 Å². The van der Waals surface area contributed by atoms with Crippen molar-refractivity contribution in [1.29, 1.82) is 0 Å². The summed E-state index contributed by atoms with van der Waals surface area (Å²) in [5.41, 5.74) is 5.48. The zero-order valence-electron chi connectivity index (χ0n) is 10.1. The molecule has 0 saturated carbocycles. The fraction of sp³-hybridized carbons (Fsp3) is 0.300. The van der Waals surface area contributed by atoms with Crippen LogP contribution in [0.3, 0.4) is 0 Å². The van der Waals surface area contributed by atoms with Gasteiger partial charge < -0.3 is 15.9 Å². The summed E-state index contributed by atoms with van der Waals surface area (Å²) in [5.74, 6) is -3.14. The summed E-state index contributed by atoms with van der Waals surface area (Å²) in [6.45, 7) is -0.446. The summed E-state index contributed by atoms with van der Waals surface area (Å²) in [5, 5.41) is 2.92. The number of carbonyl (C=O) groups excluding carboxylic acids is 2. The molecule has 0 aromatic carbocycles. The Morgan fingerprint density at radius 1 is 1.57 bits per heavy atom. The van der Waals surface area contributed by atoms with E-state index in [9.17, 15) is 22.8 Å². The maximum Gasteiger partial charge on any atom is 0.493 e. The molecule has 1 amide bonds. The number of nitrogens with zero attached hydrogens (tertiary/aromatic N) is 2. The summed E-state index contributed by atoms with van der Waals surface area (Å²) in [7, 11) is 0. The minimum Gasteiger partial charge on any atom is -0.332 e. The van der Waals surface area contributed by atoms with Crippen LogP contribution in [0.4, 0.5) is 24.7 Å². The second-order valence-corrected chi connectivity index (χ2v) is 4.97. The highest BCUT2D eigenvalue weighted by Crippen LogP contribution is 2.30. The molecule has 3 N–H and O–H groups in total. The summed E-state index contributed by atoms with van der Waals surface area (Å²) in [6, 6.07) is 0.142. The number of alkyl halides is 3. The lowest BCUT2D eigenvalue weighted by Crippen LogP contribution is -2.45. The van der Waals surface area contributed by atoms with Crippen LogP contribution in [-0.2, 0) is 14.4 Å². The summed E-state index contributed by atoms with van der Waals surface area (Å²) < 4.78 is 37.3. The van der Waals surface area contributed by atoms with Gasteiger partial charge in [-0.15, -0.1) is 0 Å². The van der Waals surface area contributed by atoms with Crippen LogP contribution in [0.2, 0.25) is 0 Å². The molecule has 0 aliphatic carbocycles. The van der Waals surface area contributed by atoms with Gasteiger partial charge in [0.15, 0.2) is 5.82 Å². The lowest BCUT2D eigenvalue weighted by atomic mass is 10.3. The van der Waals surface area contributed by atoms with Crippen LogP contribution in [0.1, 0.15) is 0 Å². The van der Waals surface area contributed by atoms with Crippen molar-refractivity contribution >= 4 is 39.3 Å². The van der Waals surface area contributed by atoms with E-state index in [1.54, 1.807) is 0 Å². The molecule has 21 heavy (non-hydrogen) atoms. The summed E-state index contributed by atoms with van der Waals surface area (Å²) in [4.78, 5) is 30.7. The fourth-order valence-corrected chi connectivity index (χ4v) is 1.84. The predicted molar refractivity (Wildman–Crippen MR) is 68.0 cm³/mol. The van der Waals surface area contributed by atoms with E-state index in [4.69, 9.17) is 5.73 Å². The number of hydrogen-bond acceptors (Lipinski definition) is 6. The van der Waals surface area contributed by atoms with Gasteiger partial charge >= 0.3 is 12.1 Å². The van der Waals surface area contributed by atoms with Gasteiger partial charge in [0.2, 0.25) is 5.91 Å². The molecule has 7 nitrogen and oxygen atoms in total. The van der Waals surface area contributed by atoms with Crippen molar-refractivity contribution in [2.45, 2.75) is 12.2 Å². The quantitative estimate of drug-likeness (QED) is 0.765. The number of hydrogen-bond donors (Lipinski definition) is 2. The molecule has 1 atom stereocenters. The van der Waals surface area contributed by atoms with E-state index in [0.29, 0.717) is 9.54 Å². The molecule has 0 spiro atoms. The Hall–Kier alpha value is -1.88. The number of aromatic nitrogens is 1. The molecule has 0 fully saturated rings. The Morgan fingerprint density at radius 2 is 2.24 bits per heavy atom. The van der Waals surface area contributed by atoms with Crippen LogP contribution in [0, 0.1) is 0 Å². The standard InChI is InChI=1S/C10H8BrF3N4O3/c11-4-1-6-7(16-2-4)17-8(19)5(15)3-18(6)21-9(20)10(12,13)14/h1-2,5H,3,15H2,(H,16,17,19). The van der Waals surface area contributed by atoms with Crippen LogP contribution in [0.5, 0.6) is 0 Å². The van der Waals surface area contributed by atoms with Crippen molar-refractivity contribution in [3.05, 3.63) is 16.7 Å². The molecule has 114 valence electrons. The van der Waals surface area contributed by atoms with Crippen molar-refractivity contribution < 1.29 is 27.6 Å². The monoisotopic (exact) mass is 368 g/mol. The number of rotatable bonds is 1. The number of amides is 1. The molecule has 1 aliphatic rings. The Kier molecular flexibility index (Phi) is 4.05. The van der Waals surface area contributed by atoms with E-state index in [2.05, 4.69) is 31.1 Å². The third kappa shape index (κ3) is 3.42. The van der Waals surface area contributed by atoms with Gasteiger partial charge in [0.1, 0.15) is 11.7 Å². The van der Waals surface area contributed by atoms with Crippen LogP contribution < -0.4 is 16.1 Å². The number of fused-ring (bicyclic) bond motifs is 1. The van der Waals surface area contributed by atoms with Gasteiger partial charge in [-0.1, -0.05) is 0 Å². The highest BCUT2D eigenvalue weighted by Gasteiger charge is 2.43. The number of carbonyl (C=O) groups is 2. The lowest BCUT2D eigenvalue weighted by molar-refractivity contribution is -0.201. The third-order valence-electron chi connectivity index (χ3n) is 2.47. The Balaban J connectivity index is 2.38. The average molecular weight is 369 g/mol. The minimum atomic E-state index is -5.17. The van der Waals surface area contributed by atoms with Crippen molar-refractivity contribution in [2.24, 2.45) is 5.73 Å². The zero-order chi connectivity index (χ0) is 15.8. The lowest BCUT2D eigenvalue weighted by Gasteiger charge is -2.23. The minimum absolute atomic E-state index is 0.0247. The van der Waals surface area contributed by atoms with Crippen LogP contribution in [0.25, 0.3) is 0 Å². The van der Waals surface area contributed by atoms with Gasteiger partial charge in [-0.25, -0.2) is 14.8 Å². The Morgan fingerprint density at radius 3 is 2.86 bits per heavy atom. The van der Waals surface area contributed by atoms with Crippen LogP contribution in [-0.4, -0.2) is 35.6 Å². The highest BCUT2D eigenvalue weighted by atomic mass is 79.9. The molecule has 0 radical (unpaired) electrons. The van der Waals surface area contributed by atoms with E-state index in [0.717, 1.165) is 0 Å². The molecule has 1 aromatic heterocycles. The van der Waals surface area contributed by atoms with Gasteiger partial charge in [0.25, 0.3) is 0 Å². The van der Waals surface area contributed by atoms with Gasteiger partial charge in [-0.05, 0) is 22.0 Å². The van der Waals surface area contributed by atoms with Gasteiger partial charge in [0, 0.05) is 10.7 Å². The maximum atomic E-state index is 12.3. The predicted octanol–water partition coefficient (Wildman–Crippen LogP) is 0.950. The van der Waals surface area contributed by atoms with Crippen LogP contribution >= 0.6 is 15.9 Å². The van der Waals surface area contributed by atoms with Crippen molar-refractivity contribution in [3.8, 4) is 0 Å². The number of halogens is 4. The van der Waals surface area contributed by atoms with E-state index in [1.807, 2.05) is 0 Å². The molecule has 1 aliphatic heterocycles. The van der Waals surface area contributed by atoms with Gasteiger partial charge in [0.05, 0.1) is 6.54 Å². The first-order valence-electron chi connectivity index (χ1n) is 5.47. The maximum absolute atomic E-state index is 12.3. The van der Waals surface area contributed by atoms with Crippen molar-refractivity contribution in [3.63, 3.8) is 0 Å². The molecular formula is C10H8BrF3N4O3. The number of hydroxylamine groups is 1. The largest absolute Gasteiger partial charge is 0.493 e. The molecule has 11 heteroatoms. The number of nitrogens with one attached hydrogen (secondary N) is 1. The van der Waals surface area contributed by atoms with Gasteiger partial charge in [-0.3, -0.25) is 4.79 Å². The van der Waals surface area contributed by atoms with E-state index >= 15 is 0 Å². The normalized spacial score (nSPS) is 18.6. The molecule has 2 rings (SSSR count).